The molecular formula is C11H11F3N4O. The van der Waals surface area contributed by atoms with Crippen molar-refractivity contribution in [2.24, 2.45) is 0 Å². The number of fused-ring (bicyclic) bond motifs is 1. The molecular weight excluding hydrogens is 261 g/mol. The highest BCUT2D eigenvalue weighted by atomic mass is 19.4. The fourth-order valence-corrected chi connectivity index (χ4v) is 1.54. The Bertz CT molecular complexity index is 579. The minimum atomic E-state index is -4.32. The van der Waals surface area contributed by atoms with Crippen LogP contribution in [0.3, 0.4) is 0 Å². The molecule has 0 radical (unpaired) electrons. The number of anilines is 1. The molecule has 19 heavy (non-hydrogen) atoms. The van der Waals surface area contributed by atoms with Gasteiger partial charge in [0.1, 0.15) is 0 Å². The van der Waals surface area contributed by atoms with Crippen molar-refractivity contribution in [2.45, 2.75) is 6.18 Å². The molecule has 0 unspecified atom stereocenters. The number of H-pyrrole nitrogens is 1. The summed E-state index contributed by atoms with van der Waals surface area (Å²) in [5.41, 5.74) is 1.23. The number of rotatable bonds is 4. The smallest absolute Gasteiger partial charge is 0.325 e. The third-order valence-electron chi connectivity index (χ3n) is 2.34. The van der Waals surface area contributed by atoms with Crippen LogP contribution >= 0.6 is 0 Å². The summed E-state index contributed by atoms with van der Waals surface area (Å²) >= 11 is 0. The van der Waals surface area contributed by atoms with Crippen LogP contribution in [0.2, 0.25) is 0 Å². The van der Waals surface area contributed by atoms with Crippen LogP contribution < -0.4 is 10.6 Å². The van der Waals surface area contributed by atoms with Gasteiger partial charge in [0.25, 0.3) is 0 Å². The van der Waals surface area contributed by atoms with Gasteiger partial charge < -0.3 is 10.6 Å². The first kappa shape index (κ1) is 13.3. The zero-order chi connectivity index (χ0) is 13.9. The Hall–Kier alpha value is -2.09. The van der Waals surface area contributed by atoms with E-state index in [2.05, 4.69) is 15.5 Å². The van der Waals surface area contributed by atoms with Crippen LogP contribution in [-0.2, 0) is 4.79 Å². The van der Waals surface area contributed by atoms with Crippen molar-refractivity contribution in [3.05, 3.63) is 24.4 Å². The number of halogens is 3. The molecule has 1 heterocycles. The summed E-state index contributed by atoms with van der Waals surface area (Å²) in [6.45, 7) is -1.60. The number of carbonyl (C=O) groups is 1. The lowest BCUT2D eigenvalue weighted by Gasteiger charge is -2.08. The van der Waals surface area contributed by atoms with E-state index >= 15 is 0 Å². The van der Waals surface area contributed by atoms with Crippen molar-refractivity contribution < 1.29 is 18.0 Å². The number of benzene rings is 1. The summed E-state index contributed by atoms with van der Waals surface area (Å²) < 4.78 is 35.6. The molecule has 0 saturated carbocycles. The van der Waals surface area contributed by atoms with Gasteiger partial charge in [-0.1, -0.05) is 0 Å². The Kier molecular flexibility index (Phi) is 3.70. The minimum absolute atomic E-state index is 0.402. The highest BCUT2D eigenvalue weighted by molar-refractivity contribution is 5.94. The molecule has 3 N–H and O–H groups in total. The Labute approximate surface area is 106 Å². The SMILES string of the molecule is O=C(CNCC(F)(F)F)Nc1ccc2cn[nH]c2c1. The Morgan fingerprint density at radius 3 is 2.89 bits per heavy atom. The number of nitrogens with zero attached hydrogens (tertiary/aromatic N) is 1. The van der Waals surface area contributed by atoms with Gasteiger partial charge in [0, 0.05) is 11.1 Å². The molecule has 0 bridgehead atoms. The maximum absolute atomic E-state index is 11.9. The largest absolute Gasteiger partial charge is 0.401 e. The van der Waals surface area contributed by atoms with E-state index in [4.69, 9.17) is 0 Å². The number of aromatic amines is 1. The lowest BCUT2D eigenvalue weighted by atomic mass is 10.2. The summed E-state index contributed by atoms with van der Waals surface area (Å²) in [6, 6.07) is 5.06. The molecule has 1 aromatic heterocycles. The second kappa shape index (κ2) is 5.27. The van der Waals surface area contributed by atoms with Crippen LogP contribution in [0.25, 0.3) is 10.9 Å². The normalized spacial score (nSPS) is 11.7. The zero-order valence-electron chi connectivity index (χ0n) is 9.71. The number of alkyl halides is 3. The minimum Gasteiger partial charge on any atom is -0.325 e. The van der Waals surface area contributed by atoms with Gasteiger partial charge in [0.15, 0.2) is 0 Å². The third kappa shape index (κ3) is 3.95. The van der Waals surface area contributed by atoms with Crippen LogP contribution in [0.5, 0.6) is 0 Å². The summed E-state index contributed by atoms with van der Waals surface area (Å²) in [7, 11) is 0. The van der Waals surface area contributed by atoms with Crippen LogP contribution in [0, 0.1) is 0 Å². The van der Waals surface area contributed by atoms with Crippen LogP contribution in [0.1, 0.15) is 0 Å². The first-order valence-electron chi connectivity index (χ1n) is 5.44. The fraction of sp³-hybridized carbons (Fsp3) is 0.273. The second-order valence-corrected chi connectivity index (χ2v) is 3.94. The summed E-state index contributed by atoms with van der Waals surface area (Å²) in [6.07, 6.45) is -2.69. The van der Waals surface area contributed by atoms with E-state index < -0.39 is 25.2 Å². The van der Waals surface area contributed by atoms with Crippen LogP contribution in [0.4, 0.5) is 18.9 Å². The molecule has 0 saturated heterocycles. The molecule has 2 rings (SSSR count). The van der Waals surface area contributed by atoms with E-state index in [-0.39, 0.29) is 0 Å². The van der Waals surface area contributed by atoms with Gasteiger partial charge in [-0.25, -0.2) is 0 Å². The van der Waals surface area contributed by atoms with Gasteiger partial charge >= 0.3 is 6.18 Å². The van der Waals surface area contributed by atoms with Crippen molar-refractivity contribution in [3.63, 3.8) is 0 Å². The second-order valence-electron chi connectivity index (χ2n) is 3.94. The number of aromatic nitrogens is 2. The summed E-state index contributed by atoms with van der Waals surface area (Å²) in [4.78, 5) is 11.4. The molecule has 0 spiro atoms. The van der Waals surface area contributed by atoms with Crippen LogP contribution in [0.15, 0.2) is 24.4 Å². The van der Waals surface area contributed by atoms with Crippen molar-refractivity contribution in [3.8, 4) is 0 Å². The van der Waals surface area contributed by atoms with E-state index in [0.717, 1.165) is 10.9 Å². The molecule has 2 aromatic rings. The molecule has 0 aliphatic carbocycles. The lowest BCUT2D eigenvalue weighted by molar-refractivity contribution is -0.126. The van der Waals surface area contributed by atoms with Crippen molar-refractivity contribution >= 4 is 22.5 Å². The van der Waals surface area contributed by atoms with E-state index in [1.165, 1.54) is 0 Å². The van der Waals surface area contributed by atoms with E-state index in [1.54, 1.807) is 24.4 Å². The van der Waals surface area contributed by atoms with Crippen molar-refractivity contribution in [2.75, 3.05) is 18.4 Å². The topological polar surface area (TPSA) is 69.8 Å². The number of hydrogen-bond acceptors (Lipinski definition) is 3. The maximum atomic E-state index is 11.9. The molecule has 8 heteroatoms. The van der Waals surface area contributed by atoms with Crippen molar-refractivity contribution in [1.29, 1.82) is 0 Å². The fourth-order valence-electron chi connectivity index (χ4n) is 1.54. The Balaban J connectivity index is 1.88. The van der Waals surface area contributed by atoms with E-state index in [9.17, 15) is 18.0 Å². The highest BCUT2D eigenvalue weighted by Gasteiger charge is 2.26. The zero-order valence-corrected chi connectivity index (χ0v) is 9.71. The quantitative estimate of drug-likeness (QED) is 0.792. The first-order valence-corrected chi connectivity index (χ1v) is 5.44. The standard InChI is InChI=1S/C11H11F3N4O/c12-11(13,14)6-15-5-10(19)17-8-2-1-7-4-16-18-9(7)3-8/h1-4,15H,5-6H2,(H,16,18)(H,17,19). The first-order chi connectivity index (χ1) is 8.94. The molecule has 1 aromatic carbocycles. The van der Waals surface area contributed by atoms with Gasteiger partial charge in [-0.05, 0) is 18.2 Å². The lowest BCUT2D eigenvalue weighted by Crippen LogP contribution is -2.35. The third-order valence-corrected chi connectivity index (χ3v) is 2.34. The summed E-state index contributed by atoms with van der Waals surface area (Å²) in [5.74, 6) is -0.539. The molecule has 0 aliphatic rings. The summed E-state index contributed by atoms with van der Waals surface area (Å²) in [5, 5.41) is 12.0. The predicted octanol–water partition coefficient (Wildman–Crippen LogP) is 1.65. The maximum Gasteiger partial charge on any atom is 0.401 e. The number of hydrogen-bond donors (Lipinski definition) is 3. The van der Waals surface area contributed by atoms with Gasteiger partial charge in [-0.3, -0.25) is 9.89 Å². The molecule has 102 valence electrons. The highest BCUT2D eigenvalue weighted by Crippen LogP contribution is 2.16. The molecule has 0 fully saturated rings. The van der Waals surface area contributed by atoms with Gasteiger partial charge in [-0.15, -0.1) is 0 Å². The molecule has 0 aliphatic heterocycles. The molecule has 5 nitrogen and oxygen atoms in total. The Morgan fingerprint density at radius 2 is 2.16 bits per heavy atom. The van der Waals surface area contributed by atoms with E-state index in [1.807, 2.05) is 5.32 Å². The predicted molar refractivity (Wildman–Crippen MR) is 63.6 cm³/mol. The van der Waals surface area contributed by atoms with Gasteiger partial charge in [-0.2, -0.15) is 18.3 Å². The Morgan fingerprint density at radius 1 is 1.37 bits per heavy atom. The molecule has 1 amide bonds. The monoisotopic (exact) mass is 272 g/mol. The van der Waals surface area contributed by atoms with E-state index in [0.29, 0.717) is 5.69 Å². The number of nitrogens with one attached hydrogen (secondary N) is 3. The average Bonchev–Trinajstić information content (AvgIpc) is 2.74. The van der Waals surface area contributed by atoms with Gasteiger partial charge in [0.2, 0.25) is 5.91 Å². The number of amides is 1. The van der Waals surface area contributed by atoms with Crippen molar-refractivity contribution in [1.82, 2.24) is 15.5 Å². The molecule has 0 atom stereocenters. The number of carbonyl (C=O) groups excluding carboxylic acids is 1. The average molecular weight is 272 g/mol. The van der Waals surface area contributed by atoms with Crippen LogP contribution in [-0.4, -0.2) is 35.4 Å². The van der Waals surface area contributed by atoms with Gasteiger partial charge in [0.05, 0.1) is 24.8 Å².